The van der Waals surface area contributed by atoms with E-state index in [4.69, 9.17) is 4.74 Å². The number of para-hydroxylation sites is 1. The Kier molecular flexibility index (Phi) is 5.63. The highest BCUT2D eigenvalue weighted by molar-refractivity contribution is 6.06. The van der Waals surface area contributed by atoms with Crippen LogP contribution in [0.15, 0.2) is 36.7 Å². The van der Waals surface area contributed by atoms with E-state index in [9.17, 15) is 9.59 Å². The van der Waals surface area contributed by atoms with Gasteiger partial charge in [0, 0.05) is 31.2 Å². The zero-order valence-corrected chi connectivity index (χ0v) is 15.1. The molecule has 1 aromatic carbocycles. The van der Waals surface area contributed by atoms with Gasteiger partial charge >= 0.3 is 0 Å². The number of rotatable bonds is 4. The molecule has 0 aliphatic carbocycles. The number of benzene rings is 1. The van der Waals surface area contributed by atoms with Crippen molar-refractivity contribution in [1.82, 2.24) is 9.88 Å². The molecule has 1 fully saturated rings. The molecule has 6 nitrogen and oxygen atoms in total. The van der Waals surface area contributed by atoms with E-state index in [1.807, 2.05) is 32.0 Å². The maximum Gasteiger partial charge on any atom is 0.257 e. The summed E-state index contributed by atoms with van der Waals surface area (Å²) in [4.78, 5) is 31.1. The minimum absolute atomic E-state index is 0.124. The topological polar surface area (TPSA) is 71.5 Å². The Hall–Kier alpha value is -2.73. The predicted molar refractivity (Wildman–Crippen MR) is 99.5 cm³/mol. The maximum atomic E-state index is 12.7. The van der Waals surface area contributed by atoms with Crippen LogP contribution in [0.5, 0.6) is 0 Å². The van der Waals surface area contributed by atoms with Crippen LogP contribution in [0.4, 0.5) is 5.69 Å². The smallest absolute Gasteiger partial charge is 0.257 e. The Bertz CT molecular complexity index is 814. The molecule has 0 unspecified atom stereocenters. The summed E-state index contributed by atoms with van der Waals surface area (Å²) in [7, 11) is 0. The Labute approximate surface area is 153 Å². The minimum atomic E-state index is -0.266. The third-order valence-electron chi connectivity index (χ3n) is 4.52. The number of hydrogen-bond donors (Lipinski definition) is 1. The van der Waals surface area contributed by atoms with Gasteiger partial charge in [-0.05, 0) is 30.5 Å². The van der Waals surface area contributed by atoms with Crippen molar-refractivity contribution in [2.75, 3.05) is 31.6 Å². The van der Waals surface area contributed by atoms with Gasteiger partial charge in [0.25, 0.3) is 11.8 Å². The molecule has 0 spiro atoms. The molecule has 2 amide bonds. The fourth-order valence-electron chi connectivity index (χ4n) is 3.02. The summed E-state index contributed by atoms with van der Waals surface area (Å²) >= 11 is 0. The summed E-state index contributed by atoms with van der Waals surface area (Å²) in [5.74, 6) is -0.390. The Morgan fingerprint density at radius 2 is 1.92 bits per heavy atom. The summed E-state index contributed by atoms with van der Waals surface area (Å²) < 4.78 is 5.27. The van der Waals surface area contributed by atoms with E-state index in [1.54, 1.807) is 11.0 Å². The van der Waals surface area contributed by atoms with Crippen LogP contribution in [-0.4, -0.2) is 48.0 Å². The average molecular weight is 353 g/mol. The molecule has 2 heterocycles. The molecule has 1 aliphatic rings. The van der Waals surface area contributed by atoms with Crippen LogP contribution in [0.3, 0.4) is 0 Å². The van der Waals surface area contributed by atoms with Gasteiger partial charge in [0.2, 0.25) is 0 Å². The van der Waals surface area contributed by atoms with Crippen molar-refractivity contribution in [2.45, 2.75) is 20.3 Å². The number of aromatic nitrogens is 1. The van der Waals surface area contributed by atoms with Crippen LogP contribution in [0.2, 0.25) is 0 Å². The summed E-state index contributed by atoms with van der Waals surface area (Å²) in [5.41, 5.74) is 3.69. The normalized spacial score (nSPS) is 14.2. The molecular weight excluding hydrogens is 330 g/mol. The number of amides is 2. The van der Waals surface area contributed by atoms with E-state index < -0.39 is 0 Å². The molecule has 0 saturated carbocycles. The second kappa shape index (κ2) is 8.10. The molecule has 0 atom stereocenters. The first-order valence-electron chi connectivity index (χ1n) is 8.82. The van der Waals surface area contributed by atoms with Crippen LogP contribution in [-0.2, 0) is 11.2 Å². The van der Waals surface area contributed by atoms with E-state index in [-0.39, 0.29) is 11.8 Å². The monoisotopic (exact) mass is 353 g/mol. The van der Waals surface area contributed by atoms with Gasteiger partial charge in [0.05, 0.1) is 24.3 Å². The van der Waals surface area contributed by atoms with Crippen LogP contribution >= 0.6 is 0 Å². The van der Waals surface area contributed by atoms with Crippen LogP contribution in [0.25, 0.3) is 0 Å². The molecule has 1 aromatic heterocycles. The summed E-state index contributed by atoms with van der Waals surface area (Å²) in [6.45, 7) is 6.19. The number of carbonyl (C=O) groups excluding carboxylic acids is 2. The number of nitrogens with zero attached hydrogens (tertiary/aromatic N) is 2. The Morgan fingerprint density at radius 3 is 2.65 bits per heavy atom. The molecule has 0 radical (unpaired) electrons. The zero-order valence-electron chi connectivity index (χ0n) is 15.1. The van der Waals surface area contributed by atoms with Gasteiger partial charge in [0.1, 0.15) is 0 Å². The van der Waals surface area contributed by atoms with Crippen molar-refractivity contribution in [3.8, 4) is 0 Å². The van der Waals surface area contributed by atoms with E-state index in [2.05, 4.69) is 10.3 Å². The first-order chi connectivity index (χ1) is 12.6. The van der Waals surface area contributed by atoms with E-state index in [1.165, 1.54) is 12.4 Å². The van der Waals surface area contributed by atoms with Crippen molar-refractivity contribution >= 4 is 17.5 Å². The zero-order chi connectivity index (χ0) is 18.5. The lowest BCUT2D eigenvalue weighted by Crippen LogP contribution is -2.40. The van der Waals surface area contributed by atoms with Crippen molar-refractivity contribution in [2.24, 2.45) is 0 Å². The van der Waals surface area contributed by atoms with Crippen molar-refractivity contribution in [3.63, 3.8) is 0 Å². The van der Waals surface area contributed by atoms with Crippen molar-refractivity contribution in [1.29, 1.82) is 0 Å². The lowest BCUT2D eigenvalue weighted by molar-refractivity contribution is 0.0302. The number of nitrogens with one attached hydrogen (secondary N) is 1. The number of pyridine rings is 1. The molecule has 136 valence electrons. The van der Waals surface area contributed by atoms with Gasteiger partial charge in [-0.1, -0.05) is 25.1 Å². The SMILES string of the molecule is CCc1cccc(C)c1NC(=O)c1cncc(C(=O)N2CCOCC2)c1. The quantitative estimate of drug-likeness (QED) is 0.917. The highest BCUT2D eigenvalue weighted by atomic mass is 16.5. The van der Waals surface area contributed by atoms with Gasteiger partial charge in [-0.3, -0.25) is 14.6 Å². The molecule has 6 heteroatoms. The first kappa shape index (κ1) is 18.1. The average Bonchev–Trinajstić information content (AvgIpc) is 2.69. The van der Waals surface area contributed by atoms with Crippen molar-refractivity contribution in [3.05, 3.63) is 58.9 Å². The van der Waals surface area contributed by atoms with Gasteiger partial charge < -0.3 is 15.0 Å². The van der Waals surface area contributed by atoms with Gasteiger partial charge in [-0.2, -0.15) is 0 Å². The van der Waals surface area contributed by atoms with Crippen LogP contribution in [0.1, 0.15) is 38.8 Å². The second-order valence-electron chi connectivity index (χ2n) is 6.28. The van der Waals surface area contributed by atoms with Gasteiger partial charge in [-0.25, -0.2) is 0 Å². The molecule has 1 N–H and O–H groups in total. The molecule has 1 aliphatic heterocycles. The molecule has 26 heavy (non-hydrogen) atoms. The number of morpholine rings is 1. The largest absolute Gasteiger partial charge is 0.378 e. The lowest BCUT2D eigenvalue weighted by Gasteiger charge is -2.26. The number of aryl methyl sites for hydroxylation is 2. The first-order valence-corrected chi connectivity index (χ1v) is 8.82. The standard InChI is InChI=1S/C20H23N3O3/c1-3-15-6-4-5-14(2)18(15)22-19(24)16-11-17(13-21-12-16)20(25)23-7-9-26-10-8-23/h4-6,11-13H,3,7-10H2,1-2H3,(H,22,24). The number of carbonyl (C=O) groups is 2. The van der Waals surface area contributed by atoms with E-state index in [0.29, 0.717) is 37.4 Å². The fourth-order valence-corrected chi connectivity index (χ4v) is 3.02. The predicted octanol–water partition coefficient (Wildman–Crippen LogP) is 2.68. The lowest BCUT2D eigenvalue weighted by atomic mass is 10.1. The maximum absolute atomic E-state index is 12.7. The highest BCUT2D eigenvalue weighted by Crippen LogP contribution is 2.22. The highest BCUT2D eigenvalue weighted by Gasteiger charge is 2.20. The summed E-state index contributed by atoms with van der Waals surface area (Å²) in [6.07, 6.45) is 3.81. The molecule has 2 aromatic rings. The number of ether oxygens (including phenoxy) is 1. The second-order valence-corrected chi connectivity index (χ2v) is 6.28. The van der Waals surface area contributed by atoms with Gasteiger partial charge in [0.15, 0.2) is 0 Å². The minimum Gasteiger partial charge on any atom is -0.378 e. The summed E-state index contributed by atoms with van der Waals surface area (Å²) in [6, 6.07) is 7.54. The molecule has 1 saturated heterocycles. The summed E-state index contributed by atoms with van der Waals surface area (Å²) in [5, 5.41) is 2.97. The Morgan fingerprint density at radius 1 is 1.19 bits per heavy atom. The Balaban J connectivity index is 1.79. The van der Waals surface area contributed by atoms with E-state index in [0.717, 1.165) is 23.2 Å². The third kappa shape index (κ3) is 3.91. The molecule has 3 rings (SSSR count). The number of hydrogen-bond acceptors (Lipinski definition) is 4. The van der Waals surface area contributed by atoms with Crippen LogP contribution in [0, 0.1) is 6.92 Å². The van der Waals surface area contributed by atoms with Crippen LogP contribution < -0.4 is 5.32 Å². The molecular formula is C20H23N3O3. The van der Waals surface area contributed by atoms with Crippen molar-refractivity contribution < 1.29 is 14.3 Å². The van der Waals surface area contributed by atoms with Gasteiger partial charge in [-0.15, -0.1) is 0 Å². The third-order valence-corrected chi connectivity index (χ3v) is 4.52. The molecule has 0 bridgehead atoms. The number of anilines is 1. The van der Waals surface area contributed by atoms with E-state index >= 15 is 0 Å². The fraction of sp³-hybridized carbons (Fsp3) is 0.350.